The maximum absolute atomic E-state index is 12.0. The molecule has 4 nitrogen and oxygen atoms in total. The average Bonchev–Trinajstić information content (AvgIpc) is 3.34. The van der Waals surface area contributed by atoms with E-state index < -0.39 is 0 Å². The third-order valence-electron chi connectivity index (χ3n) is 3.60. The van der Waals surface area contributed by atoms with Gasteiger partial charge < -0.3 is 10.6 Å². The Bertz CT molecular complexity index is 867. The van der Waals surface area contributed by atoms with Gasteiger partial charge in [0.1, 0.15) is 0 Å². The molecule has 132 valence electrons. The van der Waals surface area contributed by atoms with E-state index in [4.69, 9.17) is 0 Å². The van der Waals surface area contributed by atoms with Crippen LogP contribution in [0.25, 0.3) is 6.08 Å². The normalized spacial score (nSPS) is 10.8. The number of amides is 2. The van der Waals surface area contributed by atoms with Crippen molar-refractivity contribution in [3.05, 3.63) is 80.7 Å². The molecule has 0 unspecified atom stereocenters. The van der Waals surface area contributed by atoms with Crippen LogP contribution in [0.1, 0.15) is 16.0 Å². The van der Waals surface area contributed by atoms with Crippen molar-refractivity contribution >= 4 is 46.3 Å². The van der Waals surface area contributed by atoms with E-state index in [9.17, 15) is 9.59 Å². The second-order valence-corrected chi connectivity index (χ2v) is 7.42. The largest absolute Gasteiger partial charge is 0.351 e. The lowest BCUT2D eigenvalue weighted by Crippen LogP contribution is -2.24. The minimum Gasteiger partial charge on any atom is -0.351 e. The minimum atomic E-state index is -0.183. The predicted octanol–water partition coefficient (Wildman–Crippen LogP) is 4.32. The Morgan fingerprint density at radius 3 is 2.58 bits per heavy atom. The van der Waals surface area contributed by atoms with Gasteiger partial charge in [0.15, 0.2) is 0 Å². The highest BCUT2D eigenvalue weighted by Crippen LogP contribution is 2.12. The molecule has 6 heteroatoms. The lowest BCUT2D eigenvalue weighted by molar-refractivity contribution is -0.120. The number of nitrogens with one attached hydrogen (secondary N) is 2. The number of hydrogen-bond donors (Lipinski definition) is 2. The lowest BCUT2D eigenvalue weighted by atomic mass is 10.1. The van der Waals surface area contributed by atoms with Gasteiger partial charge in [-0.2, -0.15) is 11.3 Å². The molecule has 3 rings (SSSR count). The smallest absolute Gasteiger partial charge is 0.248 e. The van der Waals surface area contributed by atoms with Crippen molar-refractivity contribution in [2.24, 2.45) is 0 Å². The molecule has 1 aromatic carbocycles. The molecule has 0 spiro atoms. The Morgan fingerprint density at radius 1 is 1.04 bits per heavy atom. The van der Waals surface area contributed by atoms with Crippen LogP contribution in [0.5, 0.6) is 0 Å². The molecular weight excluding hydrogens is 364 g/mol. The molecule has 0 atom stereocenters. The van der Waals surface area contributed by atoms with E-state index in [-0.39, 0.29) is 11.8 Å². The van der Waals surface area contributed by atoms with Crippen LogP contribution < -0.4 is 10.6 Å². The molecular formula is C20H18N2O2S2. The van der Waals surface area contributed by atoms with Crippen LogP contribution in [-0.4, -0.2) is 11.8 Å². The van der Waals surface area contributed by atoms with Gasteiger partial charge in [0.2, 0.25) is 11.8 Å². The molecule has 0 fully saturated rings. The Morgan fingerprint density at radius 2 is 1.88 bits per heavy atom. The standard InChI is InChI=1S/C20H18N2O2S2/c23-19(8-5-16-9-11-25-14-16)22-17-6-3-15(4-7-17)12-20(24)21-13-18-2-1-10-26-18/h1-11,14H,12-13H2,(H,21,24)(H,22,23)/b8-5+. The van der Waals surface area contributed by atoms with Gasteiger partial charge in [0.05, 0.1) is 13.0 Å². The molecule has 0 saturated carbocycles. The molecule has 2 aromatic heterocycles. The fourth-order valence-corrected chi connectivity index (χ4v) is 3.55. The van der Waals surface area contributed by atoms with Gasteiger partial charge in [-0.15, -0.1) is 11.3 Å². The van der Waals surface area contributed by atoms with Crippen LogP contribution in [-0.2, 0) is 22.6 Å². The van der Waals surface area contributed by atoms with Crippen LogP contribution in [0.3, 0.4) is 0 Å². The van der Waals surface area contributed by atoms with Crippen LogP contribution in [0, 0.1) is 0 Å². The van der Waals surface area contributed by atoms with Crippen molar-refractivity contribution < 1.29 is 9.59 Å². The van der Waals surface area contributed by atoms with Gasteiger partial charge in [-0.05, 0) is 57.6 Å². The lowest BCUT2D eigenvalue weighted by Gasteiger charge is -2.06. The summed E-state index contributed by atoms with van der Waals surface area (Å²) in [7, 11) is 0. The summed E-state index contributed by atoms with van der Waals surface area (Å²) in [6, 6.07) is 13.2. The Labute approximate surface area is 160 Å². The fraction of sp³-hybridized carbons (Fsp3) is 0.100. The first kappa shape index (κ1) is 18.1. The van der Waals surface area contributed by atoms with Crippen molar-refractivity contribution in [2.75, 3.05) is 5.32 Å². The first-order chi connectivity index (χ1) is 12.7. The predicted molar refractivity (Wildman–Crippen MR) is 108 cm³/mol. The van der Waals surface area contributed by atoms with E-state index in [2.05, 4.69) is 10.6 Å². The molecule has 0 aliphatic heterocycles. The first-order valence-electron chi connectivity index (χ1n) is 8.08. The summed E-state index contributed by atoms with van der Waals surface area (Å²) in [6.07, 6.45) is 3.60. The van der Waals surface area contributed by atoms with Gasteiger partial charge in [-0.1, -0.05) is 18.2 Å². The van der Waals surface area contributed by atoms with Gasteiger partial charge in [-0.25, -0.2) is 0 Å². The van der Waals surface area contributed by atoms with Crippen LogP contribution in [0.2, 0.25) is 0 Å². The maximum atomic E-state index is 12.0. The van der Waals surface area contributed by atoms with Crippen LogP contribution in [0.15, 0.2) is 64.7 Å². The molecule has 26 heavy (non-hydrogen) atoms. The zero-order chi connectivity index (χ0) is 18.2. The molecule has 2 N–H and O–H groups in total. The summed E-state index contributed by atoms with van der Waals surface area (Å²) in [5.74, 6) is -0.202. The maximum Gasteiger partial charge on any atom is 0.248 e. The number of thiophene rings is 2. The second kappa shape index (κ2) is 9.12. The average molecular weight is 383 g/mol. The third-order valence-corrected chi connectivity index (χ3v) is 5.17. The van der Waals surface area contributed by atoms with Crippen LogP contribution in [0.4, 0.5) is 5.69 Å². The third kappa shape index (κ3) is 5.68. The Hall–Kier alpha value is -2.70. The SMILES string of the molecule is O=C(/C=C/c1ccsc1)Nc1ccc(CC(=O)NCc2cccs2)cc1. The van der Waals surface area contributed by atoms with E-state index in [0.29, 0.717) is 18.7 Å². The highest BCUT2D eigenvalue weighted by molar-refractivity contribution is 7.09. The highest BCUT2D eigenvalue weighted by atomic mass is 32.1. The molecule has 2 heterocycles. The fourth-order valence-electron chi connectivity index (χ4n) is 2.28. The van der Waals surface area contributed by atoms with Gasteiger partial charge >= 0.3 is 0 Å². The summed E-state index contributed by atoms with van der Waals surface area (Å²) < 4.78 is 0. The van der Waals surface area contributed by atoms with E-state index in [1.807, 2.05) is 46.5 Å². The van der Waals surface area contributed by atoms with Gasteiger partial charge in [0.25, 0.3) is 0 Å². The molecule has 0 bridgehead atoms. The van der Waals surface area contributed by atoms with Crippen molar-refractivity contribution in [2.45, 2.75) is 13.0 Å². The molecule has 3 aromatic rings. The number of hydrogen-bond acceptors (Lipinski definition) is 4. The zero-order valence-electron chi connectivity index (χ0n) is 14.0. The molecule has 2 amide bonds. The van der Waals surface area contributed by atoms with Gasteiger partial charge in [-0.3, -0.25) is 9.59 Å². The van der Waals surface area contributed by atoms with Gasteiger partial charge in [0, 0.05) is 16.6 Å². The number of benzene rings is 1. The van der Waals surface area contributed by atoms with E-state index in [1.165, 1.54) is 6.08 Å². The van der Waals surface area contributed by atoms with Crippen molar-refractivity contribution in [3.63, 3.8) is 0 Å². The number of carbonyl (C=O) groups is 2. The topological polar surface area (TPSA) is 58.2 Å². The monoisotopic (exact) mass is 382 g/mol. The first-order valence-corrected chi connectivity index (χ1v) is 9.90. The molecule has 0 radical (unpaired) electrons. The van der Waals surface area contributed by atoms with Crippen molar-refractivity contribution in [3.8, 4) is 0 Å². The Kier molecular flexibility index (Phi) is 6.35. The summed E-state index contributed by atoms with van der Waals surface area (Å²) in [6.45, 7) is 0.557. The number of anilines is 1. The number of rotatable bonds is 7. The van der Waals surface area contributed by atoms with Crippen molar-refractivity contribution in [1.82, 2.24) is 5.32 Å². The number of carbonyl (C=O) groups excluding carboxylic acids is 2. The Balaban J connectivity index is 1.46. The van der Waals surface area contributed by atoms with Crippen molar-refractivity contribution in [1.29, 1.82) is 0 Å². The second-order valence-electron chi connectivity index (χ2n) is 5.61. The minimum absolute atomic E-state index is 0.0196. The van der Waals surface area contributed by atoms with Crippen LogP contribution >= 0.6 is 22.7 Å². The van der Waals surface area contributed by atoms with E-state index in [0.717, 1.165) is 16.0 Å². The summed E-state index contributed by atoms with van der Waals surface area (Å²) in [5, 5.41) is 11.6. The summed E-state index contributed by atoms with van der Waals surface area (Å²) >= 11 is 3.21. The highest BCUT2D eigenvalue weighted by Gasteiger charge is 2.05. The molecule has 0 aliphatic rings. The summed E-state index contributed by atoms with van der Waals surface area (Å²) in [4.78, 5) is 25.0. The quantitative estimate of drug-likeness (QED) is 0.598. The van der Waals surface area contributed by atoms with E-state index in [1.54, 1.807) is 40.9 Å². The summed E-state index contributed by atoms with van der Waals surface area (Å²) in [5.41, 5.74) is 2.61. The molecule has 0 aliphatic carbocycles. The molecule has 0 saturated heterocycles. The van der Waals surface area contributed by atoms with E-state index >= 15 is 0 Å². The zero-order valence-corrected chi connectivity index (χ0v) is 15.6.